The van der Waals surface area contributed by atoms with Crippen LogP contribution < -0.4 is 18.7 Å². The molecule has 0 aliphatic carbocycles. The van der Waals surface area contributed by atoms with E-state index in [1.165, 1.54) is 0 Å². The number of nitrogens with zero attached hydrogens (tertiary/aromatic N) is 8. The third kappa shape index (κ3) is 6.55. The van der Waals surface area contributed by atoms with Crippen molar-refractivity contribution in [3.8, 4) is 0 Å². The molecule has 0 amide bonds. The Kier molecular flexibility index (Phi) is 9.33. The van der Waals surface area contributed by atoms with Gasteiger partial charge in [0.1, 0.15) is 21.1 Å². The molecule has 0 spiro atoms. The number of allylic oxidation sites excluding steroid dienone is 11. The maximum absolute atomic E-state index is 8.19. The van der Waals surface area contributed by atoms with Gasteiger partial charge in [0.05, 0.1) is 34.2 Å². The van der Waals surface area contributed by atoms with Gasteiger partial charge in [-0.05, 0) is 82.0 Å². The van der Waals surface area contributed by atoms with E-state index in [1.807, 2.05) is 46.8 Å². The second-order valence-electron chi connectivity index (χ2n) is 13.4. The molecule has 0 atom stereocenters. The maximum atomic E-state index is 8.19. The number of hydrogen-bond acceptors (Lipinski definition) is 5. The van der Waals surface area contributed by atoms with Crippen molar-refractivity contribution >= 4 is 33.9 Å². The Morgan fingerprint density at radius 3 is 1.24 bits per heavy atom. The van der Waals surface area contributed by atoms with Crippen LogP contribution in [0.3, 0.4) is 0 Å². The minimum absolute atomic E-state index is 0.845. The first-order valence-corrected chi connectivity index (χ1v) is 18.0. The second kappa shape index (κ2) is 14.5. The van der Waals surface area contributed by atoms with Crippen LogP contribution in [0.4, 0.5) is 0 Å². The molecule has 0 aromatic carbocycles. The van der Waals surface area contributed by atoms with Gasteiger partial charge in [0, 0.05) is 67.0 Å². The number of aliphatic imine (C=N–C) groups is 3. The Morgan fingerprint density at radius 2 is 0.833 bits per heavy atom. The first kappa shape index (κ1) is 34.7. The van der Waals surface area contributed by atoms with Gasteiger partial charge in [-0.1, -0.05) is 12.1 Å². The quantitative estimate of drug-likeness (QED) is 0.270. The van der Waals surface area contributed by atoms with Crippen molar-refractivity contribution < 1.29 is 34.7 Å². The summed E-state index contributed by atoms with van der Waals surface area (Å²) in [5, 5.41) is 0. The van der Waals surface area contributed by atoms with E-state index < -0.39 is 0 Å². The van der Waals surface area contributed by atoms with Crippen molar-refractivity contribution in [3.05, 3.63) is 203 Å². The molecule has 5 aliphatic heterocycles. The molecule has 0 N–H and O–H groups in total. The molecule has 8 bridgehead atoms. The molecule has 4 aromatic rings. The van der Waals surface area contributed by atoms with Crippen molar-refractivity contribution in [3.63, 3.8) is 0 Å². The van der Waals surface area contributed by atoms with E-state index in [2.05, 4.69) is 147 Å². The van der Waals surface area contributed by atoms with Crippen LogP contribution in [-0.4, -0.2) is 29.1 Å². The standard InChI is InChI=1S/C44H36N8.O.V/c1-49-21-13-29(14-22-49)41-33-5-7-35(45-33)42(30-15-23-50(2)24-16-30)37-9-11-39(47-37)44(32-19-27-52(4)28-20-32)40-12-10-38(48-40)43(36-8-6-34(41)46-36)31-17-25-51(3)26-18-31;;/h5-28H,1-4H3;;/q+2;;+2. The van der Waals surface area contributed by atoms with Crippen molar-refractivity contribution in [2.75, 3.05) is 7.05 Å². The van der Waals surface area contributed by atoms with Crippen molar-refractivity contribution in [2.24, 2.45) is 36.1 Å². The normalized spacial score (nSPS) is 17.1. The summed E-state index contributed by atoms with van der Waals surface area (Å²) in [6, 6.07) is 16.9. The SMILES string of the molecule is CN1C=CC(=C2C3=NC(=C(c4cc[n+](C)cc4)C4=NC(=C(c5cc[n+](C)cc5)c5ccc([n-]5)C(c5cc[n+](C)cc5)=C5C=CC2=N5)C=C4)C=C3)C=C1.[O]=[V+2]. The molecule has 9 rings (SSSR count). The number of pyridine rings is 3. The Morgan fingerprint density at radius 1 is 0.481 bits per heavy atom. The predicted molar refractivity (Wildman–Crippen MR) is 205 cm³/mol. The van der Waals surface area contributed by atoms with Gasteiger partial charge in [0.25, 0.3) is 0 Å². The van der Waals surface area contributed by atoms with Gasteiger partial charge in [-0.25, -0.2) is 28.7 Å². The van der Waals surface area contributed by atoms with Crippen LogP contribution >= 0.6 is 0 Å². The fraction of sp³-hybridized carbons (Fsp3) is 0.0909. The molecule has 0 fully saturated rings. The first-order chi connectivity index (χ1) is 26.4. The zero-order chi connectivity index (χ0) is 37.3. The Bertz CT molecular complexity index is 2570. The van der Waals surface area contributed by atoms with Crippen molar-refractivity contribution in [1.29, 1.82) is 0 Å². The zero-order valence-electron chi connectivity index (χ0n) is 30.3. The molecule has 10 heteroatoms. The summed E-state index contributed by atoms with van der Waals surface area (Å²) in [5.74, 6) is 0. The molecule has 0 saturated carbocycles. The molecule has 4 aromatic heterocycles. The van der Waals surface area contributed by atoms with E-state index in [9.17, 15) is 0 Å². The average Bonchev–Trinajstić information content (AvgIpc) is 4.03. The van der Waals surface area contributed by atoms with Gasteiger partial charge in [-0.15, -0.1) is 11.4 Å². The number of fused-ring (bicyclic) bond motifs is 5. The molecular formula is C44H36N8OV+4. The van der Waals surface area contributed by atoms with Crippen LogP contribution in [0.15, 0.2) is 190 Å². The van der Waals surface area contributed by atoms with Crippen LogP contribution in [0.5, 0.6) is 0 Å². The van der Waals surface area contributed by atoms with E-state index in [4.69, 9.17) is 23.6 Å². The monoisotopic (exact) mass is 743 g/mol. The summed E-state index contributed by atoms with van der Waals surface area (Å²) in [5.41, 5.74) is 14.7. The van der Waals surface area contributed by atoms with E-state index in [0.29, 0.717) is 0 Å². The van der Waals surface area contributed by atoms with Crippen LogP contribution in [0.1, 0.15) is 28.1 Å². The molecular weight excluding hydrogens is 707 g/mol. The average molecular weight is 744 g/mol. The van der Waals surface area contributed by atoms with Gasteiger partial charge in [-0.2, -0.15) is 0 Å². The van der Waals surface area contributed by atoms with Crippen molar-refractivity contribution in [1.82, 2.24) is 9.88 Å². The van der Waals surface area contributed by atoms with Crippen LogP contribution in [0.2, 0.25) is 0 Å². The van der Waals surface area contributed by atoms with E-state index in [0.717, 1.165) is 108 Å². The third-order valence-electron chi connectivity index (χ3n) is 9.68. The molecule has 9 heterocycles. The van der Waals surface area contributed by atoms with E-state index >= 15 is 0 Å². The van der Waals surface area contributed by atoms with Gasteiger partial charge in [0.15, 0.2) is 37.2 Å². The number of aromatic nitrogens is 4. The molecule has 0 saturated heterocycles. The fourth-order valence-corrected chi connectivity index (χ4v) is 6.94. The summed E-state index contributed by atoms with van der Waals surface area (Å²) in [6.07, 6.45) is 33.3. The summed E-state index contributed by atoms with van der Waals surface area (Å²) >= 11 is 1.06. The van der Waals surface area contributed by atoms with Crippen molar-refractivity contribution in [2.45, 2.75) is 0 Å². The molecule has 5 aliphatic rings. The van der Waals surface area contributed by atoms with E-state index in [1.54, 1.807) is 0 Å². The summed E-state index contributed by atoms with van der Waals surface area (Å²) in [6.45, 7) is 0. The Labute approximate surface area is 323 Å². The van der Waals surface area contributed by atoms with Gasteiger partial charge < -0.3 is 9.88 Å². The van der Waals surface area contributed by atoms with E-state index in [-0.39, 0.29) is 0 Å². The molecule has 54 heavy (non-hydrogen) atoms. The zero-order valence-corrected chi connectivity index (χ0v) is 31.7. The molecule has 9 nitrogen and oxygen atoms in total. The van der Waals surface area contributed by atoms with Gasteiger partial charge in [0.2, 0.25) is 0 Å². The summed E-state index contributed by atoms with van der Waals surface area (Å²) in [7, 11) is 8.10. The Hall–Kier alpha value is -6.42. The van der Waals surface area contributed by atoms with Crippen LogP contribution in [0, 0.1) is 0 Å². The molecule has 0 unspecified atom stereocenters. The third-order valence-corrected chi connectivity index (χ3v) is 9.68. The second-order valence-corrected chi connectivity index (χ2v) is 13.4. The number of aryl methyl sites for hydroxylation is 3. The fourth-order valence-electron chi connectivity index (χ4n) is 6.94. The first-order valence-electron chi connectivity index (χ1n) is 17.4. The number of rotatable bonds is 3. The van der Waals surface area contributed by atoms with Crippen LogP contribution in [-0.2, 0) is 42.2 Å². The predicted octanol–water partition coefficient (Wildman–Crippen LogP) is 5.24. The number of hydrogen-bond donors (Lipinski definition) is 0. The topological polar surface area (TPSA) is 83.1 Å². The minimum atomic E-state index is 0.845. The van der Waals surface area contributed by atoms with Gasteiger partial charge >= 0.3 is 21.0 Å². The summed E-state index contributed by atoms with van der Waals surface area (Å²) < 4.78 is 14.3. The Balaban J connectivity index is 0.00000203. The summed E-state index contributed by atoms with van der Waals surface area (Å²) in [4.78, 5) is 23.4. The molecule has 259 valence electrons. The van der Waals surface area contributed by atoms with Gasteiger partial charge in [-0.3, -0.25) is 0 Å². The van der Waals surface area contributed by atoms with Crippen LogP contribution in [0.25, 0.3) is 16.7 Å². The molecule has 0 radical (unpaired) electrons.